The number of hydrogen-bond acceptors (Lipinski definition) is 25. The third-order valence-corrected chi connectivity index (χ3v) is 20.7. The van der Waals surface area contributed by atoms with Gasteiger partial charge in [-0.15, -0.1) is 34.0 Å². The van der Waals surface area contributed by atoms with Crippen LogP contribution in [0.25, 0.3) is 108 Å². The number of thiophene rings is 2. The molecule has 0 unspecified atom stereocenters. The maximum Gasteiger partial charge on any atom is 0.181 e. The second-order valence-electron chi connectivity index (χ2n) is 27.5. The molecule has 29 rings (SSSR count). The van der Waals surface area contributed by atoms with Crippen LogP contribution in [0.5, 0.6) is 0 Å². The first kappa shape index (κ1) is 104. The summed E-state index contributed by atoms with van der Waals surface area (Å²) < 4.78 is 21.8. The van der Waals surface area contributed by atoms with E-state index in [9.17, 15) is 0 Å². The molecule has 702 valence electrons. The zero-order chi connectivity index (χ0) is 97.8. The van der Waals surface area contributed by atoms with Crippen molar-refractivity contribution in [2.24, 2.45) is 0 Å². The number of imidazole rings is 2. The number of H-pyrrole nitrogens is 4. The van der Waals surface area contributed by atoms with E-state index in [0.29, 0.717) is 0 Å². The van der Waals surface area contributed by atoms with E-state index in [2.05, 4.69) is 198 Å². The molecule has 0 aliphatic carbocycles. The van der Waals surface area contributed by atoms with Crippen LogP contribution in [0.1, 0.15) is 0 Å². The van der Waals surface area contributed by atoms with E-state index in [-0.39, 0.29) is 0 Å². The van der Waals surface area contributed by atoms with Gasteiger partial charge in [0.25, 0.3) is 0 Å². The van der Waals surface area contributed by atoms with Gasteiger partial charge in [0.1, 0.15) is 30.0 Å². The first-order valence-electron chi connectivity index (χ1n) is 43.7. The standard InChI is InChI=1S/2C9H7N.2C8H6N2.C8H7N.C8H6O.C8H6S.C7H6N2.C7H5NO.C7H5NS.C5H5N.2C4H4N2.C4H5N.C4H4O.C4H4S.C3H4N2.C3H3NO.C3H3NS/c1-2-6-9-8(4-1)5-3-7-10-9;1-2-4-9-7-10-6-5-8(9)3-1;1-2-4-8-7(3-1)5-9-6-10-8;1-2-4-8-7(3-1)9-5-6-10-8;3*1-2-4-8-7(3-1)5-6-9-8;3*1-2-4-7-6(3-1)8-5-9-7;1-2-4-6-5-3-1;1-2-6-4-3-5-1;1-2-5-4-6-3-1;3*1-2-4-5-3-1;3*1-2-5-3-4-1/h2*1-7H;2*1-6H;1-6,9H;2*1-6H;1-5H,(H,8,9);2*1-5H;1-5H;2*1-4H;1-5H;2*1-4H;1-3H,(H,4,5);2*1-3H. The Bertz CT molecular complexity index is 6190. The van der Waals surface area contributed by atoms with E-state index in [1.807, 2.05) is 320 Å². The lowest BCUT2D eigenvalue weighted by molar-refractivity contribution is 0.558. The van der Waals surface area contributed by atoms with Crippen molar-refractivity contribution in [1.82, 2.24) is 105 Å². The van der Waals surface area contributed by atoms with E-state index in [1.165, 1.54) is 67.2 Å². The molecule has 0 amide bonds. The molecule has 0 saturated carbocycles. The number of rotatable bonds is 0. The molecule has 0 fully saturated rings. The third-order valence-electron chi connectivity index (χ3n) is 17.8. The Morgan fingerprint density at radius 3 is 1.33 bits per heavy atom. The van der Waals surface area contributed by atoms with E-state index < -0.39 is 0 Å². The number of thiazole rings is 2. The highest BCUT2D eigenvalue weighted by Gasteiger charge is 1.97. The first-order chi connectivity index (χ1) is 70.7. The molecule has 29 heteroatoms. The van der Waals surface area contributed by atoms with Crippen molar-refractivity contribution in [2.45, 2.75) is 0 Å². The van der Waals surface area contributed by atoms with Crippen molar-refractivity contribution in [1.29, 1.82) is 0 Å². The average Bonchev–Trinajstić information content (AvgIpc) is 1.85. The van der Waals surface area contributed by atoms with Crippen molar-refractivity contribution >= 4 is 153 Å². The molecule has 0 atom stereocenters. The summed E-state index contributed by atoms with van der Waals surface area (Å²) in [4.78, 5) is 77.8. The Labute approximate surface area is 835 Å². The number of nitrogens with zero attached hydrogens (tertiary/aromatic N) is 17. The fraction of sp³-hybridized carbons (Fsp3) is 0. The van der Waals surface area contributed by atoms with Gasteiger partial charge in [0.05, 0.1) is 92.0 Å². The largest absolute Gasteiger partial charge is 0.473 e. The smallest absolute Gasteiger partial charge is 0.181 e. The molecule has 0 spiro atoms. The molecular formula is C113H97N21O4S4. The zero-order valence-corrected chi connectivity index (χ0v) is 79.8. The summed E-state index contributed by atoms with van der Waals surface area (Å²) in [5.41, 5.74) is 14.8. The van der Waals surface area contributed by atoms with Gasteiger partial charge in [-0.05, 0) is 189 Å². The number of oxazole rings is 2. The van der Waals surface area contributed by atoms with Crippen LogP contribution in [0.3, 0.4) is 0 Å². The van der Waals surface area contributed by atoms with Crippen LogP contribution in [0.4, 0.5) is 0 Å². The van der Waals surface area contributed by atoms with Crippen LogP contribution in [0.15, 0.2) is 583 Å². The maximum absolute atomic E-state index is 5.12. The lowest BCUT2D eigenvalue weighted by atomic mass is 10.2. The molecule has 0 radical (unpaired) electrons. The molecule has 25 nitrogen and oxygen atoms in total. The van der Waals surface area contributed by atoms with Gasteiger partial charge >= 0.3 is 0 Å². The van der Waals surface area contributed by atoms with Crippen LogP contribution in [0, 0.1) is 0 Å². The maximum atomic E-state index is 5.12. The number of fused-ring (bicyclic) bond motifs is 10. The third kappa shape index (κ3) is 42.4. The number of pyridine rings is 3. The summed E-state index contributed by atoms with van der Waals surface area (Å²) in [6, 6.07) is 112. The Kier molecular flexibility index (Phi) is 49.2. The van der Waals surface area contributed by atoms with E-state index in [0.717, 1.165) is 66.1 Å². The summed E-state index contributed by atoms with van der Waals surface area (Å²) in [6.45, 7) is 0. The van der Waals surface area contributed by atoms with Gasteiger partial charge in [-0.25, -0.2) is 44.9 Å². The SMILES string of the molecule is c1c[nH]cn1.c1cc[nH]c1.c1ccc2[nH]ccc2c1.c1ccc2[nH]cnc2c1.c1ccc2cnccc2c1.c1ccc2ncccc2c1.c1ccc2nccnc2c1.c1ccc2ncncc2c1.c1ccc2occc2c1.c1ccc2ocnc2c1.c1ccc2sccc2c1.c1ccc2scnc2c1.c1ccncc1.c1ccoc1.c1ccsc1.c1cnccn1.c1cncnc1.c1cocn1.c1cscn1. The minimum absolute atomic E-state index is 0.845. The quantitative estimate of drug-likeness (QED) is 0.110. The van der Waals surface area contributed by atoms with Gasteiger partial charge < -0.3 is 37.6 Å². The molecule has 0 aliphatic rings. The fourth-order valence-corrected chi connectivity index (χ4v) is 13.6. The van der Waals surface area contributed by atoms with Gasteiger partial charge in [-0.2, -0.15) is 11.3 Å². The predicted octanol–water partition coefficient (Wildman–Crippen LogP) is 29.2. The summed E-state index contributed by atoms with van der Waals surface area (Å²) in [5, 5.41) is 16.7. The van der Waals surface area contributed by atoms with Crippen LogP contribution in [-0.2, 0) is 0 Å². The van der Waals surface area contributed by atoms with Crippen molar-refractivity contribution < 1.29 is 17.7 Å². The van der Waals surface area contributed by atoms with E-state index in [4.69, 9.17) is 8.83 Å². The van der Waals surface area contributed by atoms with Gasteiger partial charge in [-0.1, -0.05) is 188 Å². The Morgan fingerprint density at radius 2 is 0.810 bits per heavy atom. The highest BCUT2D eigenvalue weighted by molar-refractivity contribution is 7.17. The number of aromatic amines is 4. The number of furan rings is 2. The lowest BCUT2D eigenvalue weighted by Crippen LogP contribution is -1.78. The number of benzene rings is 10. The summed E-state index contributed by atoms with van der Waals surface area (Å²) >= 11 is 6.78. The predicted molar refractivity (Wildman–Crippen MR) is 578 cm³/mol. The molecule has 142 heavy (non-hydrogen) atoms. The van der Waals surface area contributed by atoms with Crippen molar-refractivity contribution in [3.05, 3.63) is 566 Å². The topological polar surface area (TPSA) is 335 Å². The molecular weight excluding hydrogens is 1840 g/mol. The van der Waals surface area contributed by atoms with E-state index >= 15 is 0 Å². The second-order valence-corrected chi connectivity index (χ2v) is 30.9. The minimum Gasteiger partial charge on any atom is -0.473 e. The fourth-order valence-electron chi connectivity index (χ4n) is 11.3. The molecule has 0 aliphatic heterocycles. The average molecular weight is 1940 g/mol. The van der Waals surface area contributed by atoms with Crippen molar-refractivity contribution in [2.75, 3.05) is 0 Å². The lowest BCUT2D eigenvalue weighted by Gasteiger charge is -1.91. The molecule has 4 N–H and O–H groups in total. The van der Waals surface area contributed by atoms with Crippen molar-refractivity contribution in [3.63, 3.8) is 0 Å². The highest BCUT2D eigenvalue weighted by Crippen LogP contribution is 2.21. The summed E-state index contributed by atoms with van der Waals surface area (Å²) in [5.74, 6) is 0. The number of aromatic nitrogens is 21. The molecule has 0 saturated heterocycles. The van der Waals surface area contributed by atoms with Gasteiger partial charge in [0.15, 0.2) is 18.4 Å². The van der Waals surface area contributed by atoms with E-state index in [1.54, 1.807) is 181 Å². The summed E-state index contributed by atoms with van der Waals surface area (Å²) in [7, 11) is 0. The van der Waals surface area contributed by atoms with Gasteiger partial charge in [0, 0.05) is 156 Å². The first-order valence-corrected chi connectivity index (χ1v) is 47.4. The van der Waals surface area contributed by atoms with Crippen LogP contribution in [-0.4, -0.2) is 105 Å². The Morgan fingerprint density at radius 1 is 0.211 bits per heavy atom. The molecule has 10 aromatic carbocycles. The van der Waals surface area contributed by atoms with Crippen LogP contribution in [0.2, 0.25) is 0 Å². The summed E-state index contributed by atoms with van der Waals surface area (Å²) in [6.07, 6.45) is 52.3. The normalized spacial score (nSPS) is 9.41. The Balaban J connectivity index is 0.000000144. The molecule has 19 aromatic heterocycles. The monoisotopic (exact) mass is 1940 g/mol. The second kappa shape index (κ2) is 67.4. The van der Waals surface area contributed by atoms with Gasteiger partial charge in [0.2, 0.25) is 0 Å². The molecule has 29 aromatic rings. The number of para-hydroxylation sites is 11. The Hall–Kier alpha value is -18.8. The minimum atomic E-state index is 0.845. The van der Waals surface area contributed by atoms with Crippen molar-refractivity contribution in [3.8, 4) is 0 Å². The van der Waals surface area contributed by atoms with Crippen LogP contribution >= 0.6 is 45.3 Å². The number of hydrogen-bond donors (Lipinski definition) is 4. The molecule has 0 bridgehead atoms. The zero-order valence-electron chi connectivity index (χ0n) is 76.6. The molecule has 19 heterocycles. The highest BCUT2D eigenvalue weighted by atomic mass is 32.1. The van der Waals surface area contributed by atoms with Crippen LogP contribution < -0.4 is 0 Å². The number of nitrogens with one attached hydrogen (secondary N) is 4. The van der Waals surface area contributed by atoms with Gasteiger partial charge in [-0.3, -0.25) is 39.9 Å².